The highest BCUT2D eigenvalue weighted by molar-refractivity contribution is 5.81. The molecule has 1 atom stereocenters. The normalized spacial score (nSPS) is 12.0. The number of hydroxylamine groups is 2. The van der Waals surface area contributed by atoms with Gasteiger partial charge in [0.15, 0.2) is 0 Å². The standard InChI is InChI=1S/C18H26N6O3/c1-4-13(5-2)9-14(10-24(27)11-25)17(26)21-23-18-19-16-12(3)7-6-8-15(16)20-22-18/h6-8,11,13-14,27H,4-5,9-10H2,1-3H3,(H,21,26)(H,19,22,23). The molecule has 2 amide bonds. The number of nitrogens with one attached hydrogen (secondary N) is 2. The SMILES string of the molecule is CCC(CC)CC(CN(O)C=O)C(=O)NNc1nnc2cccc(C)c2n1. The molecule has 0 radical (unpaired) electrons. The second-order valence-corrected chi connectivity index (χ2v) is 6.53. The van der Waals surface area contributed by atoms with Crippen LogP contribution in [0, 0.1) is 18.8 Å². The minimum absolute atomic E-state index is 0.0799. The van der Waals surface area contributed by atoms with Gasteiger partial charge in [-0.3, -0.25) is 25.6 Å². The topological polar surface area (TPSA) is 120 Å². The Balaban J connectivity index is 2.07. The first kappa shape index (κ1) is 20.5. The number of nitrogens with zero attached hydrogens (tertiary/aromatic N) is 4. The van der Waals surface area contributed by atoms with Crippen molar-refractivity contribution >= 4 is 29.3 Å². The molecule has 146 valence electrons. The molecule has 0 fully saturated rings. The maximum atomic E-state index is 12.6. The van der Waals surface area contributed by atoms with Crippen LogP contribution >= 0.6 is 0 Å². The van der Waals surface area contributed by atoms with E-state index in [4.69, 9.17) is 0 Å². The Kier molecular flexibility index (Phi) is 7.42. The third-order valence-electron chi connectivity index (χ3n) is 4.66. The number of aryl methyl sites for hydroxylation is 1. The summed E-state index contributed by atoms with van der Waals surface area (Å²) in [6.07, 6.45) is 2.68. The van der Waals surface area contributed by atoms with Crippen LogP contribution in [0.1, 0.15) is 38.7 Å². The fourth-order valence-corrected chi connectivity index (χ4v) is 2.93. The number of rotatable bonds is 10. The number of para-hydroxylation sites is 1. The summed E-state index contributed by atoms with van der Waals surface area (Å²) in [5, 5.41) is 18.0. The summed E-state index contributed by atoms with van der Waals surface area (Å²) in [4.78, 5) is 27.6. The van der Waals surface area contributed by atoms with E-state index in [1.807, 2.05) is 25.1 Å². The average Bonchev–Trinajstić information content (AvgIpc) is 2.69. The van der Waals surface area contributed by atoms with Crippen molar-refractivity contribution in [1.29, 1.82) is 0 Å². The first-order chi connectivity index (χ1) is 13.0. The molecule has 2 rings (SSSR count). The molecule has 1 aromatic heterocycles. The van der Waals surface area contributed by atoms with Gasteiger partial charge in [0.25, 0.3) is 5.95 Å². The average molecular weight is 374 g/mol. The molecule has 0 aliphatic heterocycles. The lowest BCUT2D eigenvalue weighted by molar-refractivity contribution is -0.154. The molecule has 0 saturated heterocycles. The monoisotopic (exact) mass is 374 g/mol. The molecule has 0 aliphatic rings. The quantitative estimate of drug-likeness (QED) is 0.331. The van der Waals surface area contributed by atoms with Crippen molar-refractivity contribution < 1.29 is 14.8 Å². The fourth-order valence-electron chi connectivity index (χ4n) is 2.93. The number of hydrazine groups is 1. The molecular weight excluding hydrogens is 348 g/mol. The van der Waals surface area contributed by atoms with Gasteiger partial charge in [0.05, 0.1) is 18.0 Å². The highest BCUT2D eigenvalue weighted by Gasteiger charge is 2.24. The molecule has 0 bridgehead atoms. The Morgan fingerprint density at radius 3 is 2.70 bits per heavy atom. The number of hydrogen-bond acceptors (Lipinski definition) is 7. The van der Waals surface area contributed by atoms with E-state index >= 15 is 0 Å². The molecule has 27 heavy (non-hydrogen) atoms. The molecule has 1 unspecified atom stereocenters. The predicted octanol–water partition coefficient (Wildman–Crippen LogP) is 2.07. The summed E-state index contributed by atoms with van der Waals surface area (Å²) in [6, 6.07) is 5.60. The van der Waals surface area contributed by atoms with Crippen LogP contribution in [0.15, 0.2) is 18.2 Å². The molecule has 0 spiro atoms. The van der Waals surface area contributed by atoms with Crippen molar-refractivity contribution in [1.82, 2.24) is 25.7 Å². The molecule has 0 aliphatic carbocycles. The van der Waals surface area contributed by atoms with E-state index in [0.29, 0.717) is 34.8 Å². The summed E-state index contributed by atoms with van der Waals surface area (Å²) in [5.74, 6) is -0.422. The number of fused-ring (bicyclic) bond motifs is 1. The van der Waals surface area contributed by atoms with Crippen LogP contribution in [0.2, 0.25) is 0 Å². The van der Waals surface area contributed by atoms with Crippen LogP contribution in [-0.4, -0.2) is 44.3 Å². The lowest BCUT2D eigenvalue weighted by Crippen LogP contribution is -2.41. The molecule has 9 nitrogen and oxygen atoms in total. The number of benzene rings is 1. The van der Waals surface area contributed by atoms with Crippen LogP contribution in [0.3, 0.4) is 0 Å². The smallest absolute Gasteiger partial charge is 0.262 e. The van der Waals surface area contributed by atoms with Crippen LogP contribution in [0.4, 0.5) is 5.95 Å². The van der Waals surface area contributed by atoms with Crippen LogP contribution in [0.5, 0.6) is 0 Å². The Hall–Kier alpha value is -2.81. The number of amides is 2. The second-order valence-electron chi connectivity index (χ2n) is 6.53. The maximum Gasteiger partial charge on any atom is 0.262 e. The van der Waals surface area contributed by atoms with Crippen molar-refractivity contribution in [3.05, 3.63) is 23.8 Å². The summed E-state index contributed by atoms with van der Waals surface area (Å²) in [6.45, 7) is 5.94. The van der Waals surface area contributed by atoms with E-state index < -0.39 is 5.92 Å². The Bertz CT molecular complexity index is 781. The van der Waals surface area contributed by atoms with Gasteiger partial charge in [0.2, 0.25) is 12.3 Å². The van der Waals surface area contributed by atoms with Gasteiger partial charge in [-0.2, -0.15) is 0 Å². The van der Waals surface area contributed by atoms with Crippen molar-refractivity contribution in [3.63, 3.8) is 0 Å². The summed E-state index contributed by atoms with van der Waals surface area (Å²) < 4.78 is 0. The largest absolute Gasteiger partial charge is 0.286 e. The van der Waals surface area contributed by atoms with E-state index in [0.717, 1.165) is 18.4 Å². The molecule has 1 heterocycles. The minimum atomic E-state index is -0.562. The first-order valence-corrected chi connectivity index (χ1v) is 9.05. The first-order valence-electron chi connectivity index (χ1n) is 9.05. The lowest BCUT2D eigenvalue weighted by Gasteiger charge is -2.23. The van der Waals surface area contributed by atoms with Gasteiger partial charge in [0.1, 0.15) is 5.52 Å². The number of hydrogen-bond donors (Lipinski definition) is 3. The Labute approximate surface area is 158 Å². The van der Waals surface area contributed by atoms with Gasteiger partial charge in [-0.15, -0.1) is 10.2 Å². The highest BCUT2D eigenvalue weighted by atomic mass is 16.5. The molecule has 1 aromatic carbocycles. The van der Waals surface area contributed by atoms with Crippen LogP contribution < -0.4 is 10.9 Å². The zero-order valence-corrected chi connectivity index (χ0v) is 15.8. The van der Waals surface area contributed by atoms with E-state index in [1.54, 1.807) is 0 Å². The van der Waals surface area contributed by atoms with Crippen molar-refractivity contribution in [3.8, 4) is 0 Å². The number of anilines is 1. The number of carbonyl (C=O) groups excluding carboxylic acids is 2. The van der Waals surface area contributed by atoms with Crippen molar-refractivity contribution in [2.45, 2.75) is 40.0 Å². The molecule has 0 saturated carbocycles. The number of aromatic nitrogens is 3. The van der Waals surface area contributed by atoms with Gasteiger partial charge in [-0.1, -0.05) is 38.8 Å². The Morgan fingerprint density at radius 2 is 2.04 bits per heavy atom. The maximum absolute atomic E-state index is 12.6. The molecular formula is C18H26N6O3. The van der Waals surface area contributed by atoms with E-state index in [2.05, 4.69) is 39.9 Å². The second kappa shape index (κ2) is 9.77. The Morgan fingerprint density at radius 1 is 1.30 bits per heavy atom. The number of carbonyl (C=O) groups is 2. The zero-order valence-electron chi connectivity index (χ0n) is 15.8. The van der Waals surface area contributed by atoms with Crippen LogP contribution in [-0.2, 0) is 9.59 Å². The van der Waals surface area contributed by atoms with E-state index in [9.17, 15) is 14.8 Å². The summed E-state index contributed by atoms with van der Waals surface area (Å²) in [5.41, 5.74) is 7.54. The fraction of sp³-hybridized carbons (Fsp3) is 0.500. The van der Waals surface area contributed by atoms with Gasteiger partial charge in [-0.25, -0.2) is 10.0 Å². The third kappa shape index (κ3) is 5.58. The van der Waals surface area contributed by atoms with Crippen molar-refractivity contribution in [2.24, 2.45) is 11.8 Å². The molecule has 3 N–H and O–H groups in total. The van der Waals surface area contributed by atoms with E-state index in [1.165, 1.54) is 0 Å². The predicted molar refractivity (Wildman–Crippen MR) is 101 cm³/mol. The minimum Gasteiger partial charge on any atom is -0.286 e. The van der Waals surface area contributed by atoms with Crippen LogP contribution in [0.25, 0.3) is 11.0 Å². The highest BCUT2D eigenvalue weighted by Crippen LogP contribution is 2.20. The van der Waals surface area contributed by atoms with Gasteiger partial charge >= 0.3 is 0 Å². The summed E-state index contributed by atoms with van der Waals surface area (Å²) >= 11 is 0. The van der Waals surface area contributed by atoms with Gasteiger partial charge < -0.3 is 0 Å². The zero-order chi connectivity index (χ0) is 19.8. The summed E-state index contributed by atoms with van der Waals surface area (Å²) in [7, 11) is 0. The van der Waals surface area contributed by atoms with Crippen molar-refractivity contribution in [2.75, 3.05) is 12.0 Å². The molecule has 2 aromatic rings. The lowest BCUT2D eigenvalue weighted by atomic mass is 9.90. The molecule has 9 heteroatoms. The third-order valence-corrected chi connectivity index (χ3v) is 4.66. The van der Waals surface area contributed by atoms with Gasteiger partial charge in [-0.05, 0) is 30.9 Å². The van der Waals surface area contributed by atoms with Gasteiger partial charge in [0, 0.05) is 0 Å². The van der Waals surface area contributed by atoms with E-state index in [-0.39, 0.29) is 18.4 Å².